The van der Waals surface area contributed by atoms with Crippen LogP contribution in [0.4, 0.5) is 0 Å². The second-order valence-electron chi connectivity index (χ2n) is 2.87. The van der Waals surface area contributed by atoms with Gasteiger partial charge in [-0.25, -0.2) is 5.48 Å². The van der Waals surface area contributed by atoms with E-state index in [4.69, 9.17) is 32.8 Å². The minimum Gasteiger partial charge on any atom is -0.382 e. The zero-order chi connectivity index (χ0) is 12.0. The first-order chi connectivity index (χ1) is 7.66. The molecular weight excluding hydrogens is 253 g/mol. The van der Waals surface area contributed by atoms with E-state index in [0.717, 1.165) is 0 Å². The van der Waals surface area contributed by atoms with Crippen LogP contribution in [0.5, 0.6) is 0 Å². The van der Waals surface area contributed by atoms with Crippen LogP contribution < -0.4 is 5.48 Å². The third kappa shape index (κ3) is 3.64. The number of methoxy groups -OCH3 is 1. The summed E-state index contributed by atoms with van der Waals surface area (Å²) >= 11 is 11.7. The maximum absolute atomic E-state index is 11.6. The second-order valence-corrected chi connectivity index (χ2v) is 3.68. The summed E-state index contributed by atoms with van der Waals surface area (Å²) in [6.45, 7) is 0.640. The van der Waals surface area contributed by atoms with Crippen LogP contribution in [0.2, 0.25) is 10.0 Å². The number of nitrogens with one attached hydrogen (secondary N) is 1. The van der Waals surface area contributed by atoms with Crippen LogP contribution >= 0.6 is 23.2 Å². The Hall–Kier alpha value is -0.810. The lowest BCUT2D eigenvalue weighted by molar-refractivity contribution is 0.00890. The van der Waals surface area contributed by atoms with Gasteiger partial charge in [0.25, 0.3) is 5.91 Å². The summed E-state index contributed by atoms with van der Waals surface area (Å²) in [5.41, 5.74) is 2.43. The van der Waals surface area contributed by atoms with Gasteiger partial charge in [0.15, 0.2) is 0 Å². The fourth-order valence-corrected chi connectivity index (χ4v) is 1.58. The SMILES string of the molecule is COCCONC(=O)c1c(Cl)cccc1Cl. The van der Waals surface area contributed by atoms with Crippen LogP contribution in [-0.2, 0) is 9.57 Å². The lowest BCUT2D eigenvalue weighted by Gasteiger charge is -2.07. The van der Waals surface area contributed by atoms with Gasteiger partial charge < -0.3 is 4.74 Å². The van der Waals surface area contributed by atoms with Crippen LogP contribution in [0, 0.1) is 0 Å². The van der Waals surface area contributed by atoms with E-state index in [1.807, 2.05) is 0 Å². The highest BCUT2D eigenvalue weighted by atomic mass is 35.5. The molecule has 0 fully saturated rings. The first-order valence-corrected chi connectivity index (χ1v) is 5.27. The molecule has 16 heavy (non-hydrogen) atoms. The van der Waals surface area contributed by atoms with E-state index in [0.29, 0.717) is 6.61 Å². The molecule has 1 aromatic rings. The Balaban J connectivity index is 2.59. The molecule has 6 heteroatoms. The topological polar surface area (TPSA) is 47.6 Å². The number of rotatable bonds is 5. The maximum atomic E-state index is 11.6. The molecule has 1 amide bonds. The van der Waals surface area contributed by atoms with Gasteiger partial charge in [0.2, 0.25) is 0 Å². The van der Waals surface area contributed by atoms with E-state index < -0.39 is 5.91 Å². The predicted molar refractivity (Wildman–Crippen MR) is 61.8 cm³/mol. The molecule has 0 aliphatic heterocycles. The number of halogens is 2. The number of amides is 1. The number of hydrogen-bond donors (Lipinski definition) is 1. The van der Waals surface area contributed by atoms with Crippen molar-refractivity contribution in [2.75, 3.05) is 20.3 Å². The Morgan fingerprint density at radius 1 is 1.31 bits per heavy atom. The molecule has 0 saturated carbocycles. The third-order valence-electron chi connectivity index (χ3n) is 1.74. The van der Waals surface area contributed by atoms with Crippen LogP contribution in [0.1, 0.15) is 10.4 Å². The number of hydroxylamine groups is 1. The maximum Gasteiger partial charge on any atom is 0.277 e. The van der Waals surface area contributed by atoms with Crippen molar-refractivity contribution in [1.82, 2.24) is 5.48 Å². The molecule has 88 valence electrons. The minimum atomic E-state index is -0.480. The average molecular weight is 264 g/mol. The van der Waals surface area contributed by atoms with Crippen molar-refractivity contribution in [3.8, 4) is 0 Å². The van der Waals surface area contributed by atoms with Gasteiger partial charge in [0.1, 0.15) is 0 Å². The summed E-state index contributed by atoms with van der Waals surface area (Å²) in [5, 5.41) is 0.556. The van der Waals surface area contributed by atoms with Gasteiger partial charge in [-0.3, -0.25) is 9.63 Å². The normalized spacial score (nSPS) is 10.2. The van der Waals surface area contributed by atoms with Crippen molar-refractivity contribution in [2.24, 2.45) is 0 Å². The quantitative estimate of drug-likeness (QED) is 0.655. The van der Waals surface area contributed by atoms with E-state index >= 15 is 0 Å². The number of ether oxygens (including phenoxy) is 1. The molecule has 1 rings (SSSR count). The molecule has 0 unspecified atom stereocenters. The van der Waals surface area contributed by atoms with Crippen molar-refractivity contribution in [2.45, 2.75) is 0 Å². The van der Waals surface area contributed by atoms with Gasteiger partial charge in [-0.15, -0.1) is 0 Å². The fraction of sp³-hybridized carbons (Fsp3) is 0.300. The molecule has 0 heterocycles. The van der Waals surface area contributed by atoms with Crippen LogP contribution in [0.25, 0.3) is 0 Å². The zero-order valence-corrected chi connectivity index (χ0v) is 10.1. The van der Waals surface area contributed by atoms with Crippen molar-refractivity contribution in [3.05, 3.63) is 33.8 Å². The first kappa shape index (κ1) is 13.3. The second kappa shape index (κ2) is 6.70. The molecule has 1 aromatic carbocycles. The predicted octanol–water partition coefficient (Wildman–Crippen LogP) is 2.30. The van der Waals surface area contributed by atoms with Crippen LogP contribution in [0.15, 0.2) is 18.2 Å². The van der Waals surface area contributed by atoms with E-state index in [2.05, 4.69) is 5.48 Å². The number of carbonyl (C=O) groups excluding carboxylic acids is 1. The van der Waals surface area contributed by atoms with Crippen molar-refractivity contribution < 1.29 is 14.4 Å². The highest BCUT2D eigenvalue weighted by Gasteiger charge is 2.14. The zero-order valence-electron chi connectivity index (χ0n) is 8.63. The van der Waals surface area contributed by atoms with Crippen LogP contribution in [0.3, 0.4) is 0 Å². The Morgan fingerprint density at radius 2 is 1.94 bits per heavy atom. The molecule has 0 spiro atoms. The summed E-state index contributed by atoms with van der Waals surface area (Å²) in [6.07, 6.45) is 0. The largest absolute Gasteiger partial charge is 0.382 e. The number of carbonyl (C=O) groups is 1. The molecule has 0 atom stereocenters. The van der Waals surface area contributed by atoms with Gasteiger partial charge in [0, 0.05) is 7.11 Å². The first-order valence-electron chi connectivity index (χ1n) is 4.52. The van der Waals surface area contributed by atoms with Gasteiger partial charge in [-0.1, -0.05) is 29.3 Å². The Kier molecular flexibility index (Phi) is 5.55. The van der Waals surface area contributed by atoms with Gasteiger partial charge in [-0.05, 0) is 12.1 Å². The van der Waals surface area contributed by atoms with E-state index in [-0.39, 0.29) is 22.2 Å². The summed E-state index contributed by atoms with van der Waals surface area (Å²) in [4.78, 5) is 16.5. The molecule has 0 saturated heterocycles. The summed E-state index contributed by atoms with van der Waals surface area (Å²) in [5.74, 6) is -0.480. The molecule has 0 aliphatic carbocycles. The highest BCUT2D eigenvalue weighted by Crippen LogP contribution is 2.23. The number of benzene rings is 1. The molecule has 0 aromatic heterocycles. The van der Waals surface area contributed by atoms with Gasteiger partial charge in [0.05, 0.1) is 28.8 Å². The minimum absolute atomic E-state index is 0.197. The van der Waals surface area contributed by atoms with Crippen molar-refractivity contribution >= 4 is 29.1 Å². The molecule has 0 radical (unpaired) electrons. The van der Waals surface area contributed by atoms with Gasteiger partial charge in [-0.2, -0.15) is 0 Å². The lowest BCUT2D eigenvalue weighted by Crippen LogP contribution is -2.26. The Labute approximate surface area is 103 Å². The Morgan fingerprint density at radius 3 is 2.50 bits per heavy atom. The van der Waals surface area contributed by atoms with Gasteiger partial charge >= 0.3 is 0 Å². The standard InChI is InChI=1S/C10H11Cl2NO3/c1-15-5-6-16-13-10(14)9-7(11)3-2-4-8(9)12/h2-4H,5-6H2,1H3,(H,13,14). The monoisotopic (exact) mass is 263 g/mol. The van der Waals surface area contributed by atoms with Crippen molar-refractivity contribution in [3.63, 3.8) is 0 Å². The van der Waals surface area contributed by atoms with E-state index in [1.165, 1.54) is 7.11 Å². The van der Waals surface area contributed by atoms with E-state index in [9.17, 15) is 4.79 Å². The lowest BCUT2D eigenvalue weighted by atomic mass is 10.2. The van der Waals surface area contributed by atoms with Crippen molar-refractivity contribution in [1.29, 1.82) is 0 Å². The molecule has 0 aliphatic rings. The third-order valence-corrected chi connectivity index (χ3v) is 2.37. The van der Waals surface area contributed by atoms with E-state index in [1.54, 1.807) is 18.2 Å². The highest BCUT2D eigenvalue weighted by molar-refractivity contribution is 6.39. The summed E-state index contributed by atoms with van der Waals surface area (Å²) < 4.78 is 4.75. The molecule has 1 N–H and O–H groups in total. The summed E-state index contributed by atoms with van der Waals surface area (Å²) in [7, 11) is 1.54. The van der Waals surface area contributed by atoms with Crippen LogP contribution in [-0.4, -0.2) is 26.2 Å². The average Bonchev–Trinajstić information content (AvgIpc) is 2.24. The summed E-state index contributed by atoms with van der Waals surface area (Å²) in [6, 6.07) is 4.82. The fourth-order valence-electron chi connectivity index (χ4n) is 1.01. The Bertz CT molecular complexity index is 351. The molecule has 0 bridgehead atoms. The molecule has 4 nitrogen and oxygen atoms in total. The smallest absolute Gasteiger partial charge is 0.277 e. The molecular formula is C10H11Cl2NO3. The number of hydrogen-bond acceptors (Lipinski definition) is 3.